The number of methoxy groups -OCH3 is 1. The largest absolute Gasteiger partial charge is 0.444 e. The molecule has 0 unspecified atom stereocenters. The number of nitriles is 1. The number of amides is 2. The summed E-state index contributed by atoms with van der Waals surface area (Å²) in [6, 6.07) is 2.26. The van der Waals surface area contributed by atoms with Crippen molar-refractivity contribution in [1.29, 1.82) is 5.26 Å². The van der Waals surface area contributed by atoms with E-state index in [0.29, 0.717) is 39.0 Å². The zero-order chi connectivity index (χ0) is 21.6. The first-order valence-electron chi connectivity index (χ1n) is 9.68. The van der Waals surface area contributed by atoms with Gasteiger partial charge in [0.05, 0.1) is 24.1 Å². The van der Waals surface area contributed by atoms with Crippen LogP contribution >= 0.6 is 0 Å². The maximum atomic E-state index is 12.8. The Balaban J connectivity index is 2.80. The van der Waals surface area contributed by atoms with Crippen LogP contribution in [0, 0.1) is 17.2 Å². The van der Waals surface area contributed by atoms with Gasteiger partial charge in [0.15, 0.2) is 0 Å². The minimum absolute atomic E-state index is 0.276. The van der Waals surface area contributed by atoms with Crippen molar-refractivity contribution in [2.75, 3.05) is 26.8 Å². The molecule has 0 aliphatic carbocycles. The summed E-state index contributed by atoms with van der Waals surface area (Å²) in [4.78, 5) is 26.2. The van der Waals surface area contributed by atoms with Crippen LogP contribution in [-0.4, -0.2) is 60.6 Å². The fourth-order valence-corrected chi connectivity index (χ4v) is 3.36. The van der Waals surface area contributed by atoms with Crippen molar-refractivity contribution < 1.29 is 23.8 Å². The molecule has 0 radical (unpaired) electrons. The summed E-state index contributed by atoms with van der Waals surface area (Å²) in [5.74, 6) is -0.276. The number of nitrogens with zero attached hydrogens (tertiary/aromatic N) is 2. The number of alkyl carbamates (subject to hydrolysis) is 1. The second kappa shape index (κ2) is 9.46. The molecular weight excluding hydrogens is 362 g/mol. The molecule has 1 aliphatic heterocycles. The Morgan fingerprint density at radius 1 is 1.18 bits per heavy atom. The van der Waals surface area contributed by atoms with Gasteiger partial charge in [-0.05, 0) is 60.8 Å². The zero-order valence-corrected chi connectivity index (χ0v) is 18.3. The molecule has 0 aromatic carbocycles. The fraction of sp³-hybridized carbons (Fsp3) is 0.850. The van der Waals surface area contributed by atoms with Gasteiger partial charge in [-0.3, -0.25) is 4.90 Å². The topological polar surface area (TPSA) is 101 Å². The van der Waals surface area contributed by atoms with Gasteiger partial charge in [0.25, 0.3) is 0 Å². The van der Waals surface area contributed by atoms with Crippen molar-refractivity contribution in [3.8, 4) is 6.07 Å². The van der Waals surface area contributed by atoms with Crippen LogP contribution in [0.25, 0.3) is 0 Å². The summed E-state index contributed by atoms with van der Waals surface area (Å²) >= 11 is 0. The number of carbonyl (C=O) groups is 2. The van der Waals surface area contributed by atoms with Crippen LogP contribution in [0.1, 0.15) is 60.8 Å². The molecule has 8 nitrogen and oxygen atoms in total. The van der Waals surface area contributed by atoms with Crippen molar-refractivity contribution in [3.63, 3.8) is 0 Å². The molecular formula is C20H35N3O5. The molecule has 1 N–H and O–H groups in total. The van der Waals surface area contributed by atoms with E-state index in [1.165, 1.54) is 0 Å². The lowest BCUT2D eigenvalue weighted by Crippen LogP contribution is -2.52. The van der Waals surface area contributed by atoms with Gasteiger partial charge in [0.2, 0.25) is 0 Å². The van der Waals surface area contributed by atoms with E-state index in [2.05, 4.69) is 11.4 Å². The maximum absolute atomic E-state index is 12.8. The SMILES string of the molecule is COC[C@]1(CCCNC(=O)OC(C)(C)C)C[C@H](C#N)CN1C(=O)OC(C)(C)C. The molecule has 1 fully saturated rings. The third-order valence-electron chi connectivity index (χ3n) is 4.30. The highest BCUT2D eigenvalue weighted by Crippen LogP contribution is 2.38. The zero-order valence-electron chi connectivity index (χ0n) is 18.3. The summed E-state index contributed by atoms with van der Waals surface area (Å²) < 4.78 is 16.2. The van der Waals surface area contributed by atoms with E-state index in [-0.39, 0.29) is 5.92 Å². The van der Waals surface area contributed by atoms with Gasteiger partial charge in [-0.25, -0.2) is 9.59 Å². The summed E-state index contributed by atoms with van der Waals surface area (Å²) in [7, 11) is 1.58. The van der Waals surface area contributed by atoms with Gasteiger partial charge in [0.1, 0.15) is 11.2 Å². The van der Waals surface area contributed by atoms with Crippen molar-refractivity contribution in [1.82, 2.24) is 10.2 Å². The standard InChI is InChI=1S/C20H35N3O5/c1-18(2,3)27-16(24)22-10-8-9-20(14-26-7)11-15(12-21)13-23(20)17(25)28-19(4,5)6/h15H,8-11,13-14H2,1-7H3,(H,22,24)/t15-,20+/m1/s1. The number of nitrogens with one attached hydrogen (secondary N) is 1. The highest BCUT2D eigenvalue weighted by atomic mass is 16.6. The van der Waals surface area contributed by atoms with E-state index < -0.39 is 28.9 Å². The molecule has 0 saturated carbocycles. The Morgan fingerprint density at radius 2 is 1.79 bits per heavy atom. The van der Waals surface area contributed by atoms with Gasteiger partial charge < -0.3 is 19.5 Å². The van der Waals surface area contributed by atoms with Crippen molar-refractivity contribution in [2.45, 2.75) is 77.5 Å². The molecule has 28 heavy (non-hydrogen) atoms. The molecule has 160 valence electrons. The summed E-state index contributed by atoms with van der Waals surface area (Å²) in [5, 5.41) is 12.1. The van der Waals surface area contributed by atoms with Crippen LogP contribution in [0.5, 0.6) is 0 Å². The first kappa shape index (κ1) is 24.0. The maximum Gasteiger partial charge on any atom is 0.410 e. The summed E-state index contributed by atoms with van der Waals surface area (Å²) in [5.41, 5.74) is -1.81. The van der Waals surface area contributed by atoms with Gasteiger partial charge in [-0.1, -0.05) is 0 Å². The Kier molecular flexibility index (Phi) is 8.12. The monoisotopic (exact) mass is 397 g/mol. The average molecular weight is 398 g/mol. The molecule has 1 saturated heterocycles. The number of rotatable bonds is 6. The normalized spacial score (nSPS) is 22.5. The fourth-order valence-electron chi connectivity index (χ4n) is 3.36. The van der Waals surface area contributed by atoms with Crippen LogP contribution in [0.15, 0.2) is 0 Å². The van der Waals surface area contributed by atoms with Crippen LogP contribution in [0.4, 0.5) is 9.59 Å². The van der Waals surface area contributed by atoms with E-state index in [1.807, 2.05) is 20.8 Å². The number of likely N-dealkylation sites (tertiary alicyclic amines) is 1. The highest BCUT2D eigenvalue weighted by molar-refractivity contribution is 5.70. The molecule has 0 aromatic heterocycles. The Hall–Kier alpha value is -2.01. The molecule has 1 rings (SSSR count). The molecule has 0 bridgehead atoms. The molecule has 1 heterocycles. The lowest BCUT2D eigenvalue weighted by Gasteiger charge is -2.38. The average Bonchev–Trinajstić information content (AvgIpc) is 2.88. The number of carbonyl (C=O) groups excluding carboxylic acids is 2. The molecule has 0 aromatic rings. The molecule has 2 atom stereocenters. The smallest absolute Gasteiger partial charge is 0.410 e. The molecule has 0 spiro atoms. The van der Waals surface area contributed by atoms with Gasteiger partial charge in [-0.15, -0.1) is 0 Å². The minimum atomic E-state index is -0.632. The van der Waals surface area contributed by atoms with Crippen LogP contribution in [0.3, 0.4) is 0 Å². The Bertz CT molecular complexity index is 588. The number of hydrogen-bond acceptors (Lipinski definition) is 6. The minimum Gasteiger partial charge on any atom is -0.444 e. The third kappa shape index (κ3) is 7.55. The molecule has 8 heteroatoms. The number of ether oxygens (including phenoxy) is 3. The van der Waals surface area contributed by atoms with E-state index in [4.69, 9.17) is 14.2 Å². The van der Waals surface area contributed by atoms with E-state index in [0.717, 1.165) is 0 Å². The van der Waals surface area contributed by atoms with Gasteiger partial charge >= 0.3 is 12.2 Å². The van der Waals surface area contributed by atoms with Crippen LogP contribution in [-0.2, 0) is 14.2 Å². The van der Waals surface area contributed by atoms with E-state index in [9.17, 15) is 14.9 Å². The molecule has 1 aliphatic rings. The van der Waals surface area contributed by atoms with E-state index in [1.54, 1.807) is 32.8 Å². The van der Waals surface area contributed by atoms with Crippen LogP contribution in [0.2, 0.25) is 0 Å². The lowest BCUT2D eigenvalue weighted by atomic mass is 9.88. The van der Waals surface area contributed by atoms with Crippen molar-refractivity contribution in [3.05, 3.63) is 0 Å². The summed E-state index contributed by atoms with van der Waals surface area (Å²) in [6.45, 7) is 11.9. The quantitative estimate of drug-likeness (QED) is 0.689. The first-order valence-corrected chi connectivity index (χ1v) is 9.68. The second-order valence-electron chi connectivity index (χ2n) is 9.31. The van der Waals surface area contributed by atoms with Gasteiger partial charge in [-0.2, -0.15) is 5.26 Å². The van der Waals surface area contributed by atoms with Crippen LogP contribution < -0.4 is 5.32 Å². The first-order chi connectivity index (χ1) is 12.8. The predicted octanol–water partition coefficient (Wildman–Crippen LogP) is 3.46. The highest BCUT2D eigenvalue weighted by Gasteiger charge is 2.49. The summed E-state index contributed by atoms with van der Waals surface area (Å²) in [6.07, 6.45) is 0.790. The molecule has 2 amide bonds. The lowest BCUT2D eigenvalue weighted by molar-refractivity contribution is -0.0140. The third-order valence-corrected chi connectivity index (χ3v) is 4.30. The Labute approximate surface area is 168 Å². The second-order valence-corrected chi connectivity index (χ2v) is 9.31. The van der Waals surface area contributed by atoms with Crippen molar-refractivity contribution >= 4 is 12.2 Å². The number of hydrogen-bond donors (Lipinski definition) is 1. The van der Waals surface area contributed by atoms with E-state index >= 15 is 0 Å². The van der Waals surface area contributed by atoms with Gasteiger partial charge in [0, 0.05) is 20.2 Å². The van der Waals surface area contributed by atoms with Crippen molar-refractivity contribution in [2.24, 2.45) is 5.92 Å². The predicted molar refractivity (Wildman–Crippen MR) is 105 cm³/mol. The Morgan fingerprint density at radius 3 is 2.29 bits per heavy atom.